The molecule has 0 saturated carbocycles. The van der Waals surface area contributed by atoms with Gasteiger partial charge in [-0.25, -0.2) is 4.68 Å². The molecule has 2 amide bonds. The number of nitrogen functional groups attached to an aromatic ring is 1. The van der Waals surface area contributed by atoms with Crippen LogP contribution < -0.4 is 21.2 Å². The summed E-state index contributed by atoms with van der Waals surface area (Å²) in [5.74, 6) is 6.72. The van der Waals surface area contributed by atoms with Crippen LogP contribution in [0.15, 0.2) is 47.6 Å². The number of carbonyl (C=O) groups excluding carboxylic acids is 2. The lowest BCUT2D eigenvalue weighted by Crippen LogP contribution is -2.17. The van der Waals surface area contributed by atoms with Gasteiger partial charge in [0.15, 0.2) is 5.82 Å². The van der Waals surface area contributed by atoms with Gasteiger partial charge < -0.3 is 21.2 Å². The molecule has 3 aromatic rings. The molecule has 0 aliphatic carbocycles. The lowest BCUT2D eigenvalue weighted by molar-refractivity contribution is -0.114. The van der Waals surface area contributed by atoms with Crippen molar-refractivity contribution in [2.45, 2.75) is 19.0 Å². The number of carbonyl (C=O) groups is 2. The molecule has 0 bridgehead atoms. The Morgan fingerprint density at radius 2 is 1.93 bits per heavy atom. The third kappa shape index (κ3) is 4.90. The van der Waals surface area contributed by atoms with Crippen molar-refractivity contribution in [1.29, 1.82) is 0 Å². The molecule has 9 nitrogen and oxygen atoms in total. The summed E-state index contributed by atoms with van der Waals surface area (Å²) in [7, 11) is 1.50. The van der Waals surface area contributed by atoms with Gasteiger partial charge in [-0.1, -0.05) is 36.0 Å². The number of hydrogen-bond donors (Lipinski definition) is 3. The third-order valence-corrected chi connectivity index (χ3v) is 5.12. The van der Waals surface area contributed by atoms with E-state index in [-0.39, 0.29) is 17.6 Å². The first kappa shape index (κ1) is 21.2. The van der Waals surface area contributed by atoms with E-state index in [4.69, 9.17) is 10.6 Å². The van der Waals surface area contributed by atoms with Crippen LogP contribution >= 0.6 is 11.8 Å². The molecule has 156 valence electrons. The first-order valence-corrected chi connectivity index (χ1v) is 10.0. The topological polar surface area (TPSA) is 124 Å². The van der Waals surface area contributed by atoms with E-state index in [9.17, 15) is 9.59 Å². The monoisotopic (exact) mass is 426 g/mol. The average molecular weight is 427 g/mol. The largest absolute Gasteiger partial charge is 0.495 e. The second kappa shape index (κ2) is 9.31. The fraction of sp³-hybridized carbons (Fsp3) is 0.200. The quantitative estimate of drug-likeness (QED) is 0.392. The van der Waals surface area contributed by atoms with E-state index in [1.54, 1.807) is 18.2 Å². The highest BCUT2D eigenvalue weighted by Crippen LogP contribution is 2.29. The van der Waals surface area contributed by atoms with Gasteiger partial charge in [0.2, 0.25) is 17.0 Å². The number of ether oxygens (including phenoxy) is 1. The van der Waals surface area contributed by atoms with Gasteiger partial charge in [0.05, 0.1) is 18.6 Å². The molecule has 0 aliphatic heterocycles. The zero-order chi connectivity index (χ0) is 21.7. The number of thioether (sulfide) groups is 1. The van der Waals surface area contributed by atoms with Crippen LogP contribution in [0.4, 0.5) is 11.4 Å². The number of benzene rings is 2. The van der Waals surface area contributed by atoms with Gasteiger partial charge >= 0.3 is 0 Å². The minimum absolute atomic E-state index is 0.0661. The Kier molecular flexibility index (Phi) is 6.58. The fourth-order valence-corrected chi connectivity index (χ4v) is 3.44. The van der Waals surface area contributed by atoms with Crippen LogP contribution in [-0.2, 0) is 9.59 Å². The first-order chi connectivity index (χ1) is 14.4. The fourth-order valence-electron chi connectivity index (χ4n) is 2.79. The Morgan fingerprint density at radius 1 is 1.17 bits per heavy atom. The summed E-state index contributed by atoms with van der Waals surface area (Å²) in [6.07, 6.45) is 0. The third-order valence-electron chi connectivity index (χ3n) is 4.18. The van der Waals surface area contributed by atoms with Gasteiger partial charge in [-0.3, -0.25) is 9.59 Å². The number of amides is 2. The van der Waals surface area contributed by atoms with Gasteiger partial charge in [0, 0.05) is 18.2 Å². The molecule has 3 rings (SSSR count). The molecule has 0 radical (unpaired) electrons. The lowest BCUT2D eigenvalue weighted by atomic mass is 10.1. The van der Waals surface area contributed by atoms with E-state index < -0.39 is 0 Å². The van der Waals surface area contributed by atoms with Crippen LogP contribution in [0.5, 0.6) is 5.75 Å². The van der Waals surface area contributed by atoms with Crippen molar-refractivity contribution in [1.82, 2.24) is 14.9 Å². The molecule has 0 saturated heterocycles. The number of aromatic nitrogens is 3. The van der Waals surface area contributed by atoms with Crippen molar-refractivity contribution in [3.05, 3.63) is 48.0 Å². The van der Waals surface area contributed by atoms with Crippen LogP contribution in [0.2, 0.25) is 0 Å². The molecular weight excluding hydrogens is 404 g/mol. The molecule has 0 atom stereocenters. The molecule has 10 heteroatoms. The van der Waals surface area contributed by atoms with E-state index in [0.29, 0.717) is 28.1 Å². The highest BCUT2D eigenvalue weighted by atomic mass is 32.2. The van der Waals surface area contributed by atoms with Crippen LogP contribution in [0, 0.1) is 6.92 Å². The number of nitrogens with one attached hydrogen (secondary N) is 2. The van der Waals surface area contributed by atoms with Crippen molar-refractivity contribution in [3.63, 3.8) is 0 Å². The van der Waals surface area contributed by atoms with Gasteiger partial charge in [0.1, 0.15) is 5.75 Å². The number of anilines is 2. The minimum atomic E-state index is -0.279. The maximum atomic E-state index is 12.5. The second-order valence-electron chi connectivity index (χ2n) is 6.42. The van der Waals surface area contributed by atoms with Crippen molar-refractivity contribution in [2.24, 2.45) is 0 Å². The number of hydrogen-bond acceptors (Lipinski definition) is 7. The average Bonchev–Trinajstić information content (AvgIpc) is 3.07. The van der Waals surface area contributed by atoms with Gasteiger partial charge in [0.25, 0.3) is 0 Å². The smallest absolute Gasteiger partial charge is 0.234 e. The van der Waals surface area contributed by atoms with Crippen molar-refractivity contribution in [3.8, 4) is 17.1 Å². The number of aryl methyl sites for hydroxylation is 1. The summed E-state index contributed by atoms with van der Waals surface area (Å²) in [5, 5.41) is 14.1. The predicted molar refractivity (Wildman–Crippen MR) is 117 cm³/mol. The highest BCUT2D eigenvalue weighted by Gasteiger charge is 2.16. The zero-order valence-corrected chi connectivity index (χ0v) is 17.6. The number of nitrogens with zero attached hydrogens (tertiary/aromatic N) is 3. The maximum absolute atomic E-state index is 12.5. The number of nitrogens with two attached hydrogens (primary N) is 1. The molecule has 30 heavy (non-hydrogen) atoms. The molecule has 0 aliphatic rings. The zero-order valence-electron chi connectivity index (χ0n) is 16.8. The summed E-state index contributed by atoms with van der Waals surface area (Å²) in [6.45, 7) is 3.38. The molecule has 4 N–H and O–H groups in total. The maximum Gasteiger partial charge on any atom is 0.234 e. The highest BCUT2D eigenvalue weighted by molar-refractivity contribution is 7.99. The Hall–Kier alpha value is -3.53. The van der Waals surface area contributed by atoms with E-state index in [2.05, 4.69) is 20.8 Å². The minimum Gasteiger partial charge on any atom is -0.495 e. The van der Waals surface area contributed by atoms with Crippen molar-refractivity contribution >= 4 is 35.0 Å². The summed E-state index contributed by atoms with van der Waals surface area (Å²) < 4.78 is 6.64. The lowest BCUT2D eigenvalue weighted by Gasteiger charge is -2.12. The standard InChI is InChI=1S/C20H22N6O3S/c1-12-6-4-5-7-15(12)19-24-25-20(26(19)21)30-11-18(28)23-16-10-14(22-13(2)27)8-9-17(16)29-3/h4-10H,11,21H2,1-3H3,(H,22,27)(H,23,28). The SMILES string of the molecule is COc1ccc(NC(C)=O)cc1NC(=O)CSc1nnc(-c2ccccc2C)n1N. The van der Waals surface area contributed by atoms with Crippen LogP contribution in [0.1, 0.15) is 12.5 Å². The first-order valence-electron chi connectivity index (χ1n) is 9.03. The molecule has 0 spiro atoms. The summed E-state index contributed by atoms with van der Waals surface area (Å²) in [6, 6.07) is 12.7. The Bertz CT molecular complexity index is 1080. The van der Waals surface area contributed by atoms with E-state index >= 15 is 0 Å². The Balaban J connectivity index is 1.68. The number of rotatable bonds is 7. The molecule has 0 unspecified atom stereocenters. The normalized spacial score (nSPS) is 10.5. The van der Waals surface area contributed by atoms with E-state index in [1.807, 2.05) is 31.2 Å². The number of methoxy groups -OCH3 is 1. The van der Waals surface area contributed by atoms with Crippen LogP contribution in [0.3, 0.4) is 0 Å². The predicted octanol–water partition coefficient (Wildman–Crippen LogP) is 2.67. The van der Waals surface area contributed by atoms with Crippen LogP contribution in [0.25, 0.3) is 11.4 Å². The summed E-state index contributed by atoms with van der Waals surface area (Å²) >= 11 is 1.17. The van der Waals surface area contributed by atoms with E-state index in [1.165, 1.54) is 30.5 Å². The van der Waals surface area contributed by atoms with Crippen molar-refractivity contribution in [2.75, 3.05) is 29.3 Å². The summed E-state index contributed by atoms with van der Waals surface area (Å²) in [4.78, 5) is 23.7. The molecule has 0 fully saturated rings. The molecule has 1 aromatic heterocycles. The molecular formula is C20H22N6O3S. The van der Waals surface area contributed by atoms with Crippen molar-refractivity contribution < 1.29 is 14.3 Å². The van der Waals surface area contributed by atoms with E-state index in [0.717, 1.165) is 11.1 Å². The molecule has 2 aromatic carbocycles. The van der Waals surface area contributed by atoms with Gasteiger partial charge in [-0.15, -0.1) is 10.2 Å². The molecule has 1 heterocycles. The van der Waals surface area contributed by atoms with Crippen LogP contribution in [-0.4, -0.2) is 39.6 Å². The summed E-state index contributed by atoms with van der Waals surface area (Å²) in [5.41, 5.74) is 2.90. The Labute approximate surface area is 178 Å². The van der Waals surface area contributed by atoms with Gasteiger partial charge in [-0.05, 0) is 30.7 Å². The van der Waals surface area contributed by atoms with Gasteiger partial charge in [-0.2, -0.15) is 0 Å². The Morgan fingerprint density at radius 3 is 2.63 bits per heavy atom. The second-order valence-corrected chi connectivity index (χ2v) is 7.37.